The normalized spacial score (nSPS) is 11.5. The number of nitrogens with zero attached hydrogens (tertiary/aromatic N) is 7. The zero-order chi connectivity index (χ0) is 28.2. The van der Waals surface area contributed by atoms with Gasteiger partial charge in [0.25, 0.3) is 5.56 Å². The van der Waals surface area contributed by atoms with E-state index in [2.05, 4.69) is 32.3 Å². The van der Waals surface area contributed by atoms with Gasteiger partial charge in [0.2, 0.25) is 0 Å². The number of aldehydes is 1. The number of fused-ring (bicyclic) bond motifs is 2. The fraction of sp³-hybridized carbons (Fsp3) is 0.138. The number of benzene rings is 1. The standard InChI is InChI=1S/C22H21N5O.C7H6N4O/c1-16(23-2)20-15-26-14-11-17(9-10-18-12-13-25(3)24-18)21(26)22(28)27(20)19-7-5-4-6-8-19;8-6-5(4-12)7-9-2-1-3-11(7)10-6/h4-8,11-16,23H,1-3H3;1-4H,(H2,8,10). The minimum Gasteiger partial charge on any atom is -0.382 e. The molecule has 0 aliphatic carbocycles. The second-order valence-electron chi connectivity index (χ2n) is 8.96. The minimum atomic E-state index is -0.0962. The number of nitrogen functional groups attached to an aromatic ring is 1. The van der Waals surface area contributed by atoms with E-state index >= 15 is 0 Å². The maximum atomic E-state index is 13.5. The van der Waals surface area contributed by atoms with Crippen molar-refractivity contribution < 1.29 is 4.79 Å². The van der Waals surface area contributed by atoms with E-state index in [-0.39, 0.29) is 17.4 Å². The van der Waals surface area contributed by atoms with Gasteiger partial charge in [-0.2, -0.15) is 5.10 Å². The molecule has 11 heteroatoms. The van der Waals surface area contributed by atoms with Crippen LogP contribution < -0.4 is 16.6 Å². The number of hydrogen-bond donors (Lipinski definition) is 2. The molecule has 0 spiro atoms. The number of aromatic nitrogens is 7. The molecule has 5 aromatic heterocycles. The monoisotopic (exact) mass is 533 g/mol. The van der Waals surface area contributed by atoms with Crippen LogP contribution in [0.4, 0.5) is 5.82 Å². The molecule has 3 N–H and O–H groups in total. The Labute approximate surface area is 229 Å². The Morgan fingerprint density at radius 1 is 1.02 bits per heavy atom. The molecule has 1 unspecified atom stereocenters. The number of nitrogens with two attached hydrogens (primary N) is 1. The van der Waals surface area contributed by atoms with E-state index in [9.17, 15) is 9.59 Å². The van der Waals surface area contributed by atoms with Crippen LogP contribution in [0.5, 0.6) is 0 Å². The molecule has 0 saturated heterocycles. The Morgan fingerprint density at radius 2 is 1.82 bits per heavy atom. The summed E-state index contributed by atoms with van der Waals surface area (Å²) in [5, 5.41) is 11.4. The summed E-state index contributed by atoms with van der Waals surface area (Å²) in [6.45, 7) is 2.03. The summed E-state index contributed by atoms with van der Waals surface area (Å²) in [4.78, 5) is 28.0. The second kappa shape index (κ2) is 11.1. The molecule has 40 heavy (non-hydrogen) atoms. The second-order valence-corrected chi connectivity index (χ2v) is 8.96. The van der Waals surface area contributed by atoms with Crippen LogP contribution >= 0.6 is 0 Å². The van der Waals surface area contributed by atoms with Gasteiger partial charge < -0.3 is 15.5 Å². The first-order valence-electron chi connectivity index (χ1n) is 12.5. The third kappa shape index (κ3) is 4.99. The van der Waals surface area contributed by atoms with Crippen molar-refractivity contribution in [2.75, 3.05) is 12.8 Å². The predicted molar refractivity (Wildman–Crippen MR) is 152 cm³/mol. The highest BCUT2D eigenvalue weighted by atomic mass is 16.1. The van der Waals surface area contributed by atoms with Crippen LogP contribution in [0.1, 0.15) is 40.3 Å². The highest BCUT2D eigenvalue weighted by molar-refractivity contribution is 5.90. The van der Waals surface area contributed by atoms with Gasteiger partial charge in [0.05, 0.1) is 11.3 Å². The summed E-state index contributed by atoms with van der Waals surface area (Å²) in [6.07, 6.45) is 9.63. The number of nitrogens with one attached hydrogen (secondary N) is 1. The number of carbonyl (C=O) groups is 1. The van der Waals surface area contributed by atoms with E-state index in [4.69, 9.17) is 5.73 Å². The molecule has 6 aromatic rings. The lowest BCUT2D eigenvalue weighted by Crippen LogP contribution is -2.28. The van der Waals surface area contributed by atoms with E-state index in [1.165, 1.54) is 4.52 Å². The van der Waals surface area contributed by atoms with Crippen LogP contribution in [0.25, 0.3) is 16.9 Å². The number of carbonyl (C=O) groups excluding carboxylic acids is 1. The fourth-order valence-corrected chi connectivity index (χ4v) is 4.25. The molecule has 0 radical (unpaired) electrons. The van der Waals surface area contributed by atoms with E-state index in [0.29, 0.717) is 34.3 Å². The maximum Gasteiger partial charge on any atom is 0.280 e. The summed E-state index contributed by atoms with van der Waals surface area (Å²) in [5.74, 6) is 6.35. The molecular formula is C29H27N9O2. The number of rotatable bonds is 4. The van der Waals surface area contributed by atoms with Crippen molar-refractivity contribution in [3.8, 4) is 17.5 Å². The van der Waals surface area contributed by atoms with Crippen molar-refractivity contribution in [3.63, 3.8) is 0 Å². The van der Waals surface area contributed by atoms with Gasteiger partial charge in [-0.15, -0.1) is 5.10 Å². The Balaban J connectivity index is 0.000000223. The van der Waals surface area contributed by atoms with Gasteiger partial charge in [0.1, 0.15) is 16.8 Å². The Hall–Kier alpha value is -5.47. The average molecular weight is 534 g/mol. The summed E-state index contributed by atoms with van der Waals surface area (Å²) >= 11 is 0. The first kappa shape index (κ1) is 26.1. The van der Waals surface area contributed by atoms with Crippen LogP contribution in [0, 0.1) is 11.8 Å². The van der Waals surface area contributed by atoms with Gasteiger partial charge in [-0.25, -0.2) is 9.50 Å². The molecule has 5 heterocycles. The smallest absolute Gasteiger partial charge is 0.280 e. The van der Waals surface area contributed by atoms with E-state index in [1.54, 1.807) is 27.7 Å². The van der Waals surface area contributed by atoms with Gasteiger partial charge >= 0.3 is 0 Å². The van der Waals surface area contributed by atoms with Crippen LogP contribution in [0.3, 0.4) is 0 Å². The summed E-state index contributed by atoms with van der Waals surface area (Å²) in [5.41, 5.74) is 9.82. The largest absolute Gasteiger partial charge is 0.382 e. The predicted octanol–water partition coefficient (Wildman–Crippen LogP) is 2.63. The molecule has 0 bridgehead atoms. The molecule has 200 valence electrons. The topological polar surface area (TPSA) is 130 Å². The van der Waals surface area contributed by atoms with Gasteiger partial charge in [0.15, 0.2) is 17.8 Å². The molecule has 6 rings (SSSR count). The number of anilines is 1. The average Bonchev–Trinajstić information content (AvgIpc) is 3.67. The lowest BCUT2D eigenvalue weighted by atomic mass is 10.2. The summed E-state index contributed by atoms with van der Waals surface area (Å²) in [7, 11) is 3.73. The van der Waals surface area contributed by atoms with Gasteiger partial charge in [-0.05, 0) is 50.2 Å². The molecule has 1 aromatic carbocycles. The van der Waals surface area contributed by atoms with Gasteiger partial charge in [-0.1, -0.05) is 24.1 Å². The molecular weight excluding hydrogens is 506 g/mol. The van der Waals surface area contributed by atoms with Crippen LogP contribution in [0.2, 0.25) is 0 Å². The van der Waals surface area contributed by atoms with Crippen LogP contribution in [-0.2, 0) is 7.05 Å². The third-order valence-electron chi connectivity index (χ3n) is 6.36. The third-order valence-corrected chi connectivity index (χ3v) is 6.36. The van der Waals surface area contributed by atoms with E-state index < -0.39 is 0 Å². The molecule has 11 nitrogen and oxygen atoms in total. The molecule has 0 fully saturated rings. The number of hydrogen-bond acceptors (Lipinski definition) is 7. The van der Waals surface area contributed by atoms with Crippen molar-refractivity contribution in [1.29, 1.82) is 0 Å². The van der Waals surface area contributed by atoms with Crippen LogP contribution in [-0.4, -0.2) is 46.7 Å². The lowest BCUT2D eigenvalue weighted by molar-refractivity contribution is 0.112. The number of aryl methyl sites for hydroxylation is 1. The quantitative estimate of drug-likeness (QED) is 0.263. The molecule has 0 aliphatic rings. The first-order chi connectivity index (χ1) is 19.4. The highest BCUT2D eigenvalue weighted by Crippen LogP contribution is 2.19. The van der Waals surface area contributed by atoms with Crippen molar-refractivity contribution >= 4 is 23.3 Å². The molecule has 0 saturated carbocycles. The highest BCUT2D eigenvalue weighted by Gasteiger charge is 2.17. The summed E-state index contributed by atoms with van der Waals surface area (Å²) in [6, 6.07) is 15.1. The van der Waals surface area contributed by atoms with Crippen molar-refractivity contribution in [2.45, 2.75) is 13.0 Å². The van der Waals surface area contributed by atoms with Gasteiger partial charge in [-0.3, -0.25) is 18.8 Å². The zero-order valence-electron chi connectivity index (χ0n) is 22.2. The van der Waals surface area contributed by atoms with Crippen molar-refractivity contribution in [3.05, 3.63) is 112 Å². The fourth-order valence-electron chi connectivity index (χ4n) is 4.25. The van der Waals surface area contributed by atoms with Crippen LogP contribution in [0.15, 0.2) is 84.3 Å². The Kier molecular flexibility index (Phi) is 7.26. The molecule has 1 atom stereocenters. The minimum absolute atomic E-state index is 0.00255. The molecule has 0 amide bonds. The Morgan fingerprint density at radius 3 is 2.52 bits per heavy atom. The maximum absolute atomic E-state index is 13.5. The van der Waals surface area contributed by atoms with E-state index in [0.717, 1.165) is 11.4 Å². The first-order valence-corrected chi connectivity index (χ1v) is 12.5. The SMILES string of the molecule is CNC(C)c1cn2ccc(C#Cc3ccn(C)n3)c2c(=O)n1-c1ccccc1.Nc1nn2cccnc2c1C=O. The lowest BCUT2D eigenvalue weighted by Gasteiger charge is -2.19. The Bertz CT molecular complexity index is 1930. The van der Waals surface area contributed by atoms with E-state index in [1.807, 2.05) is 86.5 Å². The van der Waals surface area contributed by atoms with Gasteiger partial charge in [0, 0.05) is 49.8 Å². The van der Waals surface area contributed by atoms with Crippen molar-refractivity contribution in [2.24, 2.45) is 7.05 Å². The van der Waals surface area contributed by atoms with Crippen molar-refractivity contribution in [1.82, 2.24) is 38.7 Å². The zero-order valence-corrected chi connectivity index (χ0v) is 22.2. The summed E-state index contributed by atoms with van der Waals surface area (Å²) < 4.78 is 6.78. The molecule has 0 aliphatic heterocycles. The number of para-hydroxylation sites is 1.